The Balaban J connectivity index is 1.70. The third-order valence-corrected chi connectivity index (χ3v) is 4.10. The molecule has 0 aromatic carbocycles. The van der Waals surface area contributed by atoms with Crippen LogP contribution < -0.4 is 5.32 Å². The van der Waals surface area contributed by atoms with Gasteiger partial charge >= 0.3 is 0 Å². The smallest absolute Gasteiger partial charge is 0.109 e. The Bertz CT molecular complexity index is 359. The van der Waals surface area contributed by atoms with Gasteiger partial charge in [-0.05, 0) is 39.2 Å². The molecule has 1 saturated heterocycles. The molecular formula is C13H21N3. The number of hydrogen-bond acceptors (Lipinski definition) is 2. The first-order valence-electron chi connectivity index (χ1n) is 6.61. The predicted molar refractivity (Wildman–Crippen MR) is 64.6 cm³/mol. The molecule has 1 aromatic heterocycles. The van der Waals surface area contributed by atoms with Crippen molar-refractivity contribution in [3.8, 4) is 0 Å². The van der Waals surface area contributed by atoms with Gasteiger partial charge in [0.2, 0.25) is 0 Å². The van der Waals surface area contributed by atoms with Crippen molar-refractivity contribution in [2.45, 2.75) is 57.4 Å². The lowest BCUT2D eigenvalue weighted by molar-refractivity contribution is 0.403. The van der Waals surface area contributed by atoms with E-state index in [1.54, 1.807) is 0 Å². The fourth-order valence-electron chi connectivity index (χ4n) is 2.76. The summed E-state index contributed by atoms with van der Waals surface area (Å²) in [5.41, 5.74) is 2.58. The molecule has 88 valence electrons. The summed E-state index contributed by atoms with van der Waals surface area (Å²) >= 11 is 0. The minimum absolute atomic E-state index is 0.663. The number of nitrogens with zero attached hydrogens (tertiary/aromatic N) is 1. The highest BCUT2D eigenvalue weighted by Crippen LogP contribution is 2.35. The van der Waals surface area contributed by atoms with Gasteiger partial charge in [-0.15, -0.1) is 0 Å². The van der Waals surface area contributed by atoms with Crippen molar-refractivity contribution in [1.82, 2.24) is 15.3 Å². The lowest BCUT2D eigenvalue weighted by atomic mass is 9.85. The van der Waals surface area contributed by atoms with Crippen molar-refractivity contribution in [3.63, 3.8) is 0 Å². The summed E-state index contributed by atoms with van der Waals surface area (Å²) in [5.74, 6) is 1.97. The zero-order valence-electron chi connectivity index (χ0n) is 10.1. The molecule has 3 rings (SSSR count). The Kier molecular flexibility index (Phi) is 2.72. The van der Waals surface area contributed by atoms with Crippen LogP contribution >= 0.6 is 0 Å². The zero-order chi connectivity index (χ0) is 11.0. The van der Waals surface area contributed by atoms with E-state index in [4.69, 9.17) is 4.98 Å². The molecule has 1 atom stereocenters. The van der Waals surface area contributed by atoms with Crippen molar-refractivity contribution < 1.29 is 0 Å². The standard InChI is InChI=1S/C13H21N3/c1-9-12(8-11-6-3-7-14-11)16-13(15-9)10-4-2-5-10/h10-11,14H,2-8H2,1H3,(H,15,16). The Labute approximate surface area is 97.0 Å². The molecule has 1 aliphatic heterocycles. The number of H-pyrrole nitrogens is 1. The van der Waals surface area contributed by atoms with E-state index < -0.39 is 0 Å². The van der Waals surface area contributed by atoms with Gasteiger partial charge in [-0.3, -0.25) is 0 Å². The van der Waals surface area contributed by atoms with Crippen LogP contribution in [0.15, 0.2) is 0 Å². The summed E-state index contributed by atoms with van der Waals surface area (Å²) in [4.78, 5) is 8.28. The van der Waals surface area contributed by atoms with Gasteiger partial charge in [0.25, 0.3) is 0 Å². The number of aromatic nitrogens is 2. The summed E-state index contributed by atoms with van der Waals surface area (Å²) in [6, 6.07) is 0.663. The number of aryl methyl sites for hydroxylation is 1. The number of aromatic amines is 1. The molecule has 0 amide bonds. The molecule has 1 aromatic rings. The van der Waals surface area contributed by atoms with Crippen LogP contribution in [0.25, 0.3) is 0 Å². The second-order valence-corrected chi connectivity index (χ2v) is 5.32. The SMILES string of the molecule is Cc1[nH]c(C2CCC2)nc1CC1CCCN1. The van der Waals surface area contributed by atoms with Crippen LogP contribution in [0.2, 0.25) is 0 Å². The van der Waals surface area contributed by atoms with Crippen LogP contribution in [0.1, 0.15) is 55.2 Å². The van der Waals surface area contributed by atoms with Gasteiger partial charge in [0, 0.05) is 24.1 Å². The van der Waals surface area contributed by atoms with E-state index >= 15 is 0 Å². The van der Waals surface area contributed by atoms with Gasteiger partial charge < -0.3 is 10.3 Å². The molecule has 2 aliphatic rings. The van der Waals surface area contributed by atoms with Crippen LogP contribution in [0, 0.1) is 6.92 Å². The largest absolute Gasteiger partial charge is 0.346 e. The van der Waals surface area contributed by atoms with Crippen molar-refractivity contribution in [1.29, 1.82) is 0 Å². The van der Waals surface area contributed by atoms with Crippen molar-refractivity contribution in [2.75, 3.05) is 6.54 Å². The molecule has 16 heavy (non-hydrogen) atoms. The van der Waals surface area contributed by atoms with Gasteiger partial charge in [0.05, 0.1) is 5.69 Å². The van der Waals surface area contributed by atoms with Crippen LogP contribution in [0.3, 0.4) is 0 Å². The van der Waals surface area contributed by atoms with E-state index in [2.05, 4.69) is 17.2 Å². The van der Waals surface area contributed by atoms with Crippen LogP contribution in [-0.2, 0) is 6.42 Å². The average Bonchev–Trinajstić information content (AvgIpc) is 2.76. The van der Waals surface area contributed by atoms with E-state index in [1.165, 1.54) is 55.9 Å². The van der Waals surface area contributed by atoms with E-state index in [9.17, 15) is 0 Å². The molecule has 1 saturated carbocycles. The van der Waals surface area contributed by atoms with E-state index in [1.807, 2.05) is 0 Å². The Hall–Kier alpha value is -0.830. The van der Waals surface area contributed by atoms with Crippen LogP contribution in [0.5, 0.6) is 0 Å². The highest BCUT2D eigenvalue weighted by molar-refractivity contribution is 5.17. The summed E-state index contributed by atoms with van der Waals surface area (Å²) < 4.78 is 0. The second-order valence-electron chi connectivity index (χ2n) is 5.32. The summed E-state index contributed by atoms with van der Waals surface area (Å²) in [7, 11) is 0. The van der Waals surface area contributed by atoms with Crippen LogP contribution in [-0.4, -0.2) is 22.6 Å². The number of nitrogens with one attached hydrogen (secondary N) is 2. The highest BCUT2D eigenvalue weighted by atomic mass is 15.0. The first kappa shape index (κ1) is 10.3. The quantitative estimate of drug-likeness (QED) is 0.819. The van der Waals surface area contributed by atoms with Gasteiger partial charge in [-0.2, -0.15) is 0 Å². The molecule has 2 fully saturated rings. The Morgan fingerprint density at radius 3 is 2.75 bits per heavy atom. The van der Waals surface area contributed by atoms with E-state index in [0.717, 1.165) is 12.3 Å². The monoisotopic (exact) mass is 219 g/mol. The van der Waals surface area contributed by atoms with Crippen molar-refractivity contribution in [3.05, 3.63) is 17.2 Å². The summed E-state index contributed by atoms with van der Waals surface area (Å²) in [6.07, 6.45) is 7.77. The van der Waals surface area contributed by atoms with Gasteiger partial charge in [0.1, 0.15) is 5.82 Å². The van der Waals surface area contributed by atoms with Gasteiger partial charge in [-0.25, -0.2) is 4.98 Å². The lowest BCUT2D eigenvalue weighted by Gasteiger charge is -2.22. The number of imidazole rings is 1. The highest BCUT2D eigenvalue weighted by Gasteiger charge is 2.24. The predicted octanol–water partition coefficient (Wildman–Crippen LogP) is 2.28. The molecule has 1 aliphatic carbocycles. The minimum Gasteiger partial charge on any atom is -0.346 e. The van der Waals surface area contributed by atoms with Gasteiger partial charge in [-0.1, -0.05) is 6.42 Å². The zero-order valence-corrected chi connectivity index (χ0v) is 10.1. The fraction of sp³-hybridized carbons (Fsp3) is 0.769. The third kappa shape index (κ3) is 1.88. The normalized spacial score (nSPS) is 25.9. The van der Waals surface area contributed by atoms with Crippen molar-refractivity contribution in [2.24, 2.45) is 0 Å². The Morgan fingerprint density at radius 2 is 2.12 bits per heavy atom. The molecule has 1 unspecified atom stereocenters. The second kappa shape index (κ2) is 4.21. The number of hydrogen-bond donors (Lipinski definition) is 2. The maximum atomic E-state index is 4.80. The lowest BCUT2D eigenvalue weighted by Crippen LogP contribution is -2.24. The molecule has 3 nitrogen and oxygen atoms in total. The van der Waals surface area contributed by atoms with Crippen LogP contribution in [0.4, 0.5) is 0 Å². The molecule has 0 bridgehead atoms. The maximum absolute atomic E-state index is 4.80. The van der Waals surface area contributed by atoms with Crippen molar-refractivity contribution >= 4 is 0 Å². The van der Waals surface area contributed by atoms with Gasteiger partial charge in [0.15, 0.2) is 0 Å². The maximum Gasteiger partial charge on any atom is 0.109 e. The first-order chi connectivity index (χ1) is 7.83. The number of rotatable bonds is 3. The molecule has 0 radical (unpaired) electrons. The molecule has 2 heterocycles. The first-order valence-corrected chi connectivity index (χ1v) is 6.61. The molecular weight excluding hydrogens is 198 g/mol. The summed E-state index contributed by atoms with van der Waals surface area (Å²) in [5, 5.41) is 3.54. The fourth-order valence-corrected chi connectivity index (χ4v) is 2.76. The summed E-state index contributed by atoms with van der Waals surface area (Å²) in [6.45, 7) is 3.35. The molecule has 2 N–H and O–H groups in total. The van der Waals surface area contributed by atoms with E-state index in [-0.39, 0.29) is 0 Å². The minimum atomic E-state index is 0.663. The Morgan fingerprint density at radius 1 is 1.25 bits per heavy atom. The molecule has 3 heteroatoms. The third-order valence-electron chi connectivity index (χ3n) is 4.10. The molecule has 0 spiro atoms. The topological polar surface area (TPSA) is 40.7 Å². The average molecular weight is 219 g/mol. The van der Waals surface area contributed by atoms with E-state index in [0.29, 0.717) is 6.04 Å².